The van der Waals surface area contributed by atoms with E-state index < -0.39 is 57.2 Å². The monoisotopic (exact) mass is 587 g/mol. The number of hydrogen-bond acceptors (Lipinski definition) is 6. The maximum absolute atomic E-state index is 13.3. The van der Waals surface area contributed by atoms with Gasteiger partial charge in [-0.15, -0.1) is 0 Å². The summed E-state index contributed by atoms with van der Waals surface area (Å²) in [5.41, 5.74) is -6.56. The smallest absolute Gasteiger partial charge is 0.435 e. The highest BCUT2D eigenvalue weighted by molar-refractivity contribution is 14.1. The fourth-order valence-corrected chi connectivity index (χ4v) is 4.02. The van der Waals surface area contributed by atoms with Crippen molar-refractivity contribution in [2.45, 2.75) is 18.0 Å². The van der Waals surface area contributed by atoms with Gasteiger partial charge in [-0.1, -0.05) is 0 Å². The van der Waals surface area contributed by atoms with Gasteiger partial charge in [-0.3, -0.25) is 14.1 Å². The number of esters is 1. The molecule has 1 N–H and O–H groups in total. The first-order valence-electron chi connectivity index (χ1n) is 7.57. The summed E-state index contributed by atoms with van der Waals surface area (Å²) in [5, 5.41) is 0. The van der Waals surface area contributed by atoms with E-state index in [4.69, 9.17) is 4.55 Å². The second-order valence-corrected chi connectivity index (χ2v) is 8.56. The second-order valence-electron chi connectivity index (χ2n) is 5.95. The van der Waals surface area contributed by atoms with E-state index >= 15 is 0 Å². The Labute approximate surface area is 182 Å². The van der Waals surface area contributed by atoms with Crippen molar-refractivity contribution in [3.05, 3.63) is 39.5 Å². The summed E-state index contributed by atoms with van der Waals surface area (Å²) in [4.78, 5) is 36.1. The van der Waals surface area contributed by atoms with E-state index in [1.54, 1.807) is 0 Å². The summed E-state index contributed by atoms with van der Waals surface area (Å²) in [6, 6.07) is 2.50. The van der Waals surface area contributed by atoms with Crippen LogP contribution in [0.25, 0.3) is 0 Å². The van der Waals surface area contributed by atoms with E-state index in [1.807, 2.05) is 0 Å². The lowest BCUT2D eigenvalue weighted by molar-refractivity contribution is -0.356. The van der Waals surface area contributed by atoms with E-state index in [1.165, 1.54) is 22.6 Å². The molecule has 1 aliphatic heterocycles. The Morgan fingerprint density at radius 1 is 1.03 bits per heavy atom. The minimum absolute atomic E-state index is 0.142. The average molecular weight is 587 g/mol. The highest BCUT2D eigenvalue weighted by atomic mass is 127. The van der Waals surface area contributed by atoms with E-state index in [9.17, 15) is 49.1 Å². The van der Waals surface area contributed by atoms with Crippen molar-refractivity contribution in [3.8, 4) is 0 Å². The SMILES string of the molecule is O=C(OC(CS(=O)(=O)O)(C(F)(F)F)C(F)(F)F)c1ccc(N2C(=O)C=CC2=O)cc1I. The molecular formula is C15H8F6INO7S. The standard InChI is InChI=1S/C15H8F6INO7S/c16-14(17,18)13(15(19,20)21,6-31(27,28)29)30-12(26)8-2-1-7(5-9(8)22)23-10(24)3-4-11(23)25/h1-5H,6H2,(H,27,28,29). The van der Waals surface area contributed by atoms with Gasteiger partial charge >= 0.3 is 23.9 Å². The van der Waals surface area contributed by atoms with Gasteiger partial charge in [-0.05, 0) is 40.8 Å². The van der Waals surface area contributed by atoms with Crippen LogP contribution in [0.1, 0.15) is 10.4 Å². The van der Waals surface area contributed by atoms with Crippen molar-refractivity contribution >= 4 is 56.2 Å². The Morgan fingerprint density at radius 2 is 1.52 bits per heavy atom. The topological polar surface area (TPSA) is 118 Å². The molecule has 170 valence electrons. The Bertz CT molecular complexity index is 1050. The molecule has 0 saturated heterocycles. The van der Waals surface area contributed by atoms with Gasteiger partial charge in [-0.25, -0.2) is 9.69 Å². The lowest BCUT2D eigenvalue weighted by Gasteiger charge is -2.35. The van der Waals surface area contributed by atoms with Crippen LogP contribution in [0.3, 0.4) is 0 Å². The molecule has 0 unspecified atom stereocenters. The number of halogens is 7. The van der Waals surface area contributed by atoms with Crippen LogP contribution in [-0.2, 0) is 24.4 Å². The number of amides is 2. The van der Waals surface area contributed by atoms with E-state index in [2.05, 4.69) is 4.74 Å². The number of rotatable bonds is 5. The normalized spacial score (nSPS) is 15.5. The Hall–Kier alpha value is -2.21. The minimum atomic E-state index is -6.47. The summed E-state index contributed by atoms with van der Waals surface area (Å²) in [6.07, 6.45) is -11.1. The molecule has 1 aliphatic rings. The maximum atomic E-state index is 13.3. The molecule has 0 atom stereocenters. The fourth-order valence-electron chi connectivity index (χ4n) is 2.40. The van der Waals surface area contributed by atoms with Crippen LogP contribution in [0.4, 0.5) is 32.0 Å². The maximum Gasteiger partial charge on any atom is 0.438 e. The number of imide groups is 1. The molecule has 0 bridgehead atoms. The molecule has 1 aromatic rings. The molecule has 31 heavy (non-hydrogen) atoms. The zero-order chi connectivity index (χ0) is 24.0. The number of carbonyl (C=O) groups excluding carboxylic acids is 3. The molecule has 1 aromatic carbocycles. The Morgan fingerprint density at radius 3 is 1.90 bits per heavy atom. The van der Waals surface area contributed by atoms with Crippen molar-refractivity contribution in [1.29, 1.82) is 0 Å². The molecule has 2 rings (SSSR count). The minimum Gasteiger partial charge on any atom is -0.435 e. The third kappa shape index (κ3) is 5.00. The number of ether oxygens (including phenoxy) is 1. The van der Waals surface area contributed by atoms with E-state index in [0.717, 1.165) is 24.3 Å². The van der Waals surface area contributed by atoms with E-state index in [0.29, 0.717) is 11.0 Å². The molecule has 2 amide bonds. The predicted octanol–water partition coefficient (Wildman–Crippen LogP) is 2.63. The van der Waals surface area contributed by atoms with Gasteiger partial charge in [0.15, 0.2) is 0 Å². The first-order valence-corrected chi connectivity index (χ1v) is 10.3. The van der Waals surface area contributed by atoms with Gasteiger partial charge in [0.05, 0.1) is 11.3 Å². The molecule has 0 aromatic heterocycles. The molecule has 0 radical (unpaired) electrons. The molecule has 0 aliphatic carbocycles. The molecule has 0 spiro atoms. The third-order valence-electron chi connectivity index (χ3n) is 3.81. The van der Waals surface area contributed by atoms with Crippen molar-refractivity contribution in [3.63, 3.8) is 0 Å². The fraction of sp³-hybridized carbons (Fsp3) is 0.267. The molecular weight excluding hydrogens is 579 g/mol. The van der Waals surface area contributed by atoms with Crippen LogP contribution < -0.4 is 4.90 Å². The number of benzene rings is 1. The third-order valence-corrected chi connectivity index (χ3v) is 5.47. The molecule has 0 saturated carbocycles. The predicted molar refractivity (Wildman–Crippen MR) is 97.5 cm³/mol. The number of hydrogen-bond donors (Lipinski definition) is 1. The van der Waals surface area contributed by atoms with Crippen molar-refractivity contribution < 1.29 is 58.4 Å². The zero-order valence-corrected chi connectivity index (χ0v) is 17.5. The number of alkyl halides is 6. The largest absolute Gasteiger partial charge is 0.438 e. The van der Waals surface area contributed by atoms with Crippen LogP contribution >= 0.6 is 22.6 Å². The highest BCUT2D eigenvalue weighted by Crippen LogP contribution is 2.47. The first kappa shape index (κ1) is 25.1. The average Bonchev–Trinajstić information content (AvgIpc) is 2.89. The second kappa shape index (κ2) is 8.05. The van der Waals surface area contributed by atoms with Crippen LogP contribution in [0.5, 0.6) is 0 Å². The first-order chi connectivity index (χ1) is 13.9. The summed E-state index contributed by atoms with van der Waals surface area (Å²) in [6.45, 7) is 0. The molecule has 0 fully saturated rings. The van der Waals surface area contributed by atoms with Gasteiger partial charge in [0.2, 0.25) is 0 Å². The summed E-state index contributed by atoms with van der Waals surface area (Å²) in [7, 11) is -5.92. The van der Waals surface area contributed by atoms with Gasteiger partial charge in [0.25, 0.3) is 21.9 Å². The number of nitrogens with zero attached hydrogens (tertiary/aromatic N) is 1. The van der Waals surface area contributed by atoms with Crippen LogP contribution in [0.2, 0.25) is 0 Å². The van der Waals surface area contributed by atoms with Crippen LogP contribution in [0.15, 0.2) is 30.4 Å². The highest BCUT2D eigenvalue weighted by Gasteiger charge is 2.76. The summed E-state index contributed by atoms with van der Waals surface area (Å²) >= 11 is 1.32. The van der Waals surface area contributed by atoms with Crippen molar-refractivity contribution in [1.82, 2.24) is 0 Å². The lowest BCUT2D eigenvalue weighted by atomic mass is 10.1. The molecule has 8 nitrogen and oxygen atoms in total. The van der Waals surface area contributed by atoms with Gasteiger partial charge < -0.3 is 4.74 Å². The molecule has 16 heteroatoms. The quantitative estimate of drug-likeness (QED) is 0.185. The lowest BCUT2D eigenvalue weighted by Crippen LogP contribution is -2.63. The Kier molecular flexibility index (Phi) is 6.50. The Balaban J connectivity index is 2.49. The number of anilines is 1. The van der Waals surface area contributed by atoms with Gasteiger partial charge in [0.1, 0.15) is 5.75 Å². The summed E-state index contributed by atoms with van der Waals surface area (Å²) < 4.78 is 113. The molecule has 1 heterocycles. The van der Waals surface area contributed by atoms with E-state index in [-0.39, 0.29) is 9.26 Å². The number of carbonyl (C=O) groups is 3. The van der Waals surface area contributed by atoms with Crippen LogP contribution in [0, 0.1) is 3.57 Å². The van der Waals surface area contributed by atoms with Crippen molar-refractivity contribution in [2.24, 2.45) is 0 Å². The summed E-state index contributed by atoms with van der Waals surface area (Å²) in [5.74, 6) is -6.79. The van der Waals surface area contributed by atoms with Gasteiger partial charge in [-0.2, -0.15) is 34.8 Å². The van der Waals surface area contributed by atoms with Crippen LogP contribution in [-0.4, -0.2) is 54.5 Å². The van der Waals surface area contributed by atoms with Gasteiger partial charge in [0, 0.05) is 15.7 Å². The van der Waals surface area contributed by atoms with Crippen molar-refractivity contribution in [2.75, 3.05) is 10.7 Å². The zero-order valence-electron chi connectivity index (χ0n) is 14.5.